The molecule has 3 unspecified atom stereocenters. The minimum atomic E-state index is 0.406. The first-order valence-corrected chi connectivity index (χ1v) is 6.70. The zero-order valence-electron chi connectivity index (χ0n) is 10.6. The third-order valence-corrected chi connectivity index (χ3v) is 3.65. The Kier molecular flexibility index (Phi) is 4.62. The minimum absolute atomic E-state index is 0.406. The molecule has 2 fully saturated rings. The van der Waals surface area contributed by atoms with Crippen LogP contribution in [-0.4, -0.2) is 38.0 Å². The van der Waals surface area contributed by atoms with Crippen LogP contribution in [0.2, 0.25) is 0 Å². The third-order valence-electron chi connectivity index (χ3n) is 3.65. The van der Waals surface area contributed by atoms with Crippen molar-refractivity contribution in [1.29, 1.82) is 0 Å². The summed E-state index contributed by atoms with van der Waals surface area (Å²) in [6.07, 6.45) is 5.66. The van der Waals surface area contributed by atoms with Gasteiger partial charge in [-0.1, -0.05) is 0 Å². The molecule has 0 aromatic carbocycles. The summed E-state index contributed by atoms with van der Waals surface area (Å²) in [6, 6.07) is 0.640. The molecule has 0 amide bonds. The minimum Gasteiger partial charge on any atom is -0.381 e. The molecule has 94 valence electrons. The molecule has 3 nitrogen and oxygen atoms in total. The molecule has 2 rings (SSSR count). The molecule has 0 aromatic rings. The van der Waals surface area contributed by atoms with Gasteiger partial charge in [-0.05, 0) is 45.4 Å². The van der Waals surface area contributed by atoms with Crippen LogP contribution in [0.1, 0.15) is 39.5 Å². The standard InChI is InChI=1S/C13H25NO2/c1-10-6-13(7-11(2)16-10)14-8-12-4-3-5-15-9-12/h10-14H,3-9H2,1-2H3. The van der Waals surface area contributed by atoms with Gasteiger partial charge in [0.25, 0.3) is 0 Å². The quantitative estimate of drug-likeness (QED) is 0.799. The van der Waals surface area contributed by atoms with Crippen LogP contribution in [-0.2, 0) is 9.47 Å². The van der Waals surface area contributed by atoms with E-state index < -0.39 is 0 Å². The van der Waals surface area contributed by atoms with E-state index in [1.807, 2.05) is 0 Å². The number of ether oxygens (including phenoxy) is 2. The summed E-state index contributed by atoms with van der Waals surface area (Å²) >= 11 is 0. The number of hydrogen-bond acceptors (Lipinski definition) is 3. The lowest BCUT2D eigenvalue weighted by molar-refractivity contribution is -0.0435. The molecular weight excluding hydrogens is 202 g/mol. The maximum atomic E-state index is 5.74. The second-order valence-electron chi connectivity index (χ2n) is 5.42. The summed E-state index contributed by atoms with van der Waals surface area (Å²) < 4.78 is 11.2. The summed E-state index contributed by atoms with van der Waals surface area (Å²) in [7, 11) is 0. The van der Waals surface area contributed by atoms with Crippen molar-refractivity contribution in [1.82, 2.24) is 5.32 Å². The second-order valence-corrected chi connectivity index (χ2v) is 5.42. The second kappa shape index (κ2) is 5.99. The van der Waals surface area contributed by atoms with E-state index in [4.69, 9.17) is 9.47 Å². The van der Waals surface area contributed by atoms with Gasteiger partial charge in [0.1, 0.15) is 0 Å². The fraction of sp³-hybridized carbons (Fsp3) is 1.00. The first-order valence-electron chi connectivity index (χ1n) is 6.70. The SMILES string of the molecule is CC1CC(NCC2CCCOC2)CC(C)O1. The maximum Gasteiger partial charge on any atom is 0.0565 e. The number of nitrogens with one attached hydrogen (secondary N) is 1. The zero-order valence-corrected chi connectivity index (χ0v) is 10.6. The summed E-state index contributed by atoms with van der Waals surface area (Å²) in [5.41, 5.74) is 0. The first-order chi connectivity index (χ1) is 7.74. The third kappa shape index (κ3) is 3.72. The predicted molar refractivity (Wildman–Crippen MR) is 64.6 cm³/mol. The molecule has 0 radical (unpaired) electrons. The van der Waals surface area contributed by atoms with Gasteiger partial charge in [-0.15, -0.1) is 0 Å². The zero-order chi connectivity index (χ0) is 11.4. The predicted octanol–water partition coefficient (Wildman–Crippen LogP) is 1.96. The van der Waals surface area contributed by atoms with Gasteiger partial charge in [0.2, 0.25) is 0 Å². The van der Waals surface area contributed by atoms with Crippen LogP contribution >= 0.6 is 0 Å². The lowest BCUT2D eigenvalue weighted by atomic mass is 9.97. The first kappa shape index (κ1) is 12.3. The molecule has 0 spiro atoms. The molecule has 0 saturated carbocycles. The maximum absolute atomic E-state index is 5.74. The van der Waals surface area contributed by atoms with E-state index in [1.165, 1.54) is 12.8 Å². The van der Waals surface area contributed by atoms with E-state index in [1.54, 1.807) is 0 Å². The Balaban J connectivity index is 1.68. The highest BCUT2D eigenvalue weighted by atomic mass is 16.5. The van der Waals surface area contributed by atoms with E-state index in [2.05, 4.69) is 19.2 Å². The molecule has 0 aliphatic carbocycles. The number of rotatable bonds is 3. The van der Waals surface area contributed by atoms with Gasteiger partial charge in [-0.2, -0.15) is 0 Å². The Bertz CT molecular complexity index is 194. The van der Waals surface area contributed by atoms with Crippen molar-refractivity contribution in [2.75, 3.05) is 19.8 Å². The Morgan fingerprint density at radius 3 is 2.56 bits per heavy atom. The molecule has 16 heavy (non-hydrogen) atoms. The molecule has 0 bridgehead atoms. The van der Waals surface area contributed by atoms with Crippen molar-refractivity contribution in [3.63, 3.8) is 0 Å². The van der Waals surface area contributed by atoms with Crippen molar-refractivity contribution < 1.29 is 9.47 Å². The summed E-state index contributed by atoms with van der Waals surface area (Å²) in [4.78, 5) is 0. The Morgan fingerprint density at radius 2 is 1.94 bits per heavy atom. The van der Waals surface area contributed by atoms with Gasteiger partial charge in [-0.25, -0.2) is 0 Å². The molecular formula is C13H25NO2. The van der Waals surface area contributed by atoms with Gasteiger partial charge >= 0.3 is 0 Å². The van der Waals surface area contributed by atoms with Crippen molar-refractivity contribution in [2.45, 2.75) is 57.8 Å². The Labute approximate surface area is 98.9 Å². The molecule has 1 N–H and O–H groups in total. The van der Waals surface area contributed by atoms with Crippen LogP contribution in [0.3, 0.4) is 0 Å². The molecule has 2 heterocycles. The smallest absolute Gasteiger partial charge is 0.0565 e. The van der Waals surface area contributed by atoms with E-state index in [9.17, 15) is 0 Å². The van der Waals surface area contributed by atoms with Crippen LogP contribution in [0.25, 0.3) is 0 Å². The Hall–Kier alpha value is -0.120. The summed E-state index contributed by atoms with van der Waals surface area (Å²) in [5, 5.41) is 3.69. The van der Waals surface area contributed by atoms with Crippen LogP contribution < -0.4 is 5.32 Å². The average Bonchev–Trinajstić information content (AvgIpc) is 2.27. The fourth-order valence-electron chi connectivity index (χ4n) is 2.87. The van der Waals surface area contributed by atoms with E-state index in [0.29, 0.717) is 18.2 Å². The average molecular weight is 227 g/mol. The summed E-state index contributed by atoms with van der Waals surface area (Å²) in [6.45, 7) is 7.37. The summed E-state index contributed by atoms with van der Waals surface area (Å²) in [5.74, 6) is 0.724. The van der Waals surface area contributed by atoms with E-state index in [0.717, 1.165) is 38.5 Å². The van der Waals surface area contributed by atoms with Gasteiger partial charge in [0.05, 0.1) is 18.8 Å². The normalized spacial score (nSPS) is 40.9. The largest absolute Gasteiger partial charge is 0.381 e. The van der Waals surface area contributed by atoms with Crippen molar-refractivity contribution >= 4 is 0 Å². The molecule has 2 aliphatic rings. The highest BCUT2D eigenvalue weighted by Gasteiger charge is 2.25. The van der Waals surface area contributed by atoms with Crippen LogP contribution in [0.4, 0.5) is 0 Å². The van der Waals surface area contributed by atoms with Gasteiger partial charge in [0, 0.05) is 19.2 Å². The van der Waals surface area contributed by atoms with Gasteiger partial charge in [-0.3, -0.25) is 0 Å². The molecule has 2 aliphatic heterocycles. The van der Waals surface area contributed by atoms with Crippen LogP contribution in [0.5, 0.6) is 0 Å². The highest BCUT2D eigenvalue weighted by Crippen LogP contribution is 2.20. The molecule has 3 atom stereocenters. The topological polar surface area (TPSA) is 30.5 Å². The van der Waals surface area contributed by atoms with Gasteiger partial charge < -0.3 is 14.8 Å². The van der Waals surface area contributed by atoms with Crippen LogP contribution in [0.15, 0.2) is 0 Å². The van der Waals surface area contributed by atoms with E-state index in [-0.39, 0.29) is 0 Å². The van der Waals surface area contributed by atoms with E-state index >= 15 is 0 Å². The lowest BCUT2D eigenvalue weighted by Gasteiger charge is -2.34. The lowest BCUT2D eigenvalue weighted by Crippen LogP contribution is -2.43. The monoisotopic (exact) mass is 227 g/mol. The highest BCUT2D eigenvalue weighted by molar-refractivity contribution is 4.80. The fourth-order valence-corrected chi connectivity index (χ4v) is 2.87. The molecule has 3 heteroatoms. The molecule has 2 saturated heterocycles. The van der Waals surface area contributed by atoms with Crippen molar-refractivity contribution in [3.8, 4) is 0 Å². The van der Waals surface area contributed by atoms with Gasteiger partial charge in [0.15, 0.2) is 0 Å². The molecule has 0 aromatic heterocycles. The van der Waals surface area contributed by atoms with Crippen LogP contribution in [0, 0.1) is 5.92 Å². The Morgan fingerprint density at radius 1 is 1.19 bits per heavy atom. The van der Waals surface area contributed by atoms with Crippen molar-refractivity contribution in [3.05, 3.63) is 0 Å². The van der Waals surface area contributed by atoms with Crippen molar-refractivity contribution in [2.24, 2.45) is 5.92 Å². The number of hydrogen-bond donors (Lipinski definition) is 1.